The van der Waals surface area contributed by atoms with Crippen LogP contribution in [0.15, 0.2) is 22.7 Å². The van der Waals surface area contributed by atoms with E-state index in [4.69, 9.17) is 0 Å². The zero-order valence-electron chi connectivity index (χ0n) is 13.3. The van der Waals surface area contributed by atoms with Gasteiger partial charge in [0.1, 0.15) is 5.82 Å². The summed E-state index contributed by atoms with van der Waals surface area (Å²) in [5.74, 6) is 2.03. The molecule has 4 atom stereocenters. The number of rotatable bonds is 5. The highest BCUT2D eigenvalue weighted by atomic mass is 79.9. The summed E-state index contributed by atoms with van der Waals surface area (Å²) in [6.07, 6.45) is 4.87. The topological polar surface area (TPSA) is 12.0 Å². The summed E-state index contributed by atoms with van der Waals surface area (Å²) in [4.78, 5) is 0. The molecule has 0 spiro atoms. The lowest BCUT2D eigenvalue weighted by Crippen LogP contribution is -2.33. The second kappa shape index (κ2) is 7.73. The van der Waals surface area contributed by atoms with E-state index >= 15 is 0 Å². The van der Waals surface area contributed by atoms with Crippen molar-refractivity contribution in [3.63, 3.8) is 0 Å². The molecule has 118 valence electrons. The van der Waals surface area contributed by atoms with Crippen molar-refractivity contribution < 1.29 is 4.39 Å². The highest BCUT2D eigenvalue weighted by Gasteiger charge is 2.30. The van der Waals surface area contributed by atoms with Gasteiger partial charge < -0.3 is 5.32 Å². The maximum absolute atomic E-state index is 13.9. The van der Waals surface area contributed by atoms with Crippen LogP contribution in [-0.4, -0.2) is 6.54 Å². The zero-order valence-corrected chi connectivity index (χ0v) is 14.9. The molecule has 1 aromatic carbocycles. The summed E-state index contributed by atoms with van der Waals surface area (Å²) in [5.41, 5.74) is 1.09. The molecular formula is C18H27BrFN. The van der Waals surface area contributed by atoms with Gasteiger partial charge in [-0.25, -0.2) is 4.39 Å². The lowest BCUT2D eigenvalue weighted by atomic mass is 9.72. The van der Waals surface area contributed by atoms with Crippen molar-refractivity contribution in [1.82, 2.24) is 5.32 Å². The van der Waals surface area contributed by atoms with Crippen molar-refractivity contribution in [2.45, 2.75) is 52.5 Å². The monoisotopic (exact) mass is 355 g/mol. The van der Waals surface area contributed by atoms with Gasteiger partial charge in [0, 0.05) is 6.04 Å². The van der Waals surface area contributed by atoms with E-state index in [2.05, 4.69) is 48.1 Å². The Hall–Kier alpha value is -0.410. The van der Waals surface area contributed by atoms with Crippen molar-refractivity contribution in [1.29, 1.82) is 0 Å². The molecule has 3 heteroatoms. The van der Waals surface area contributed by atoms with Crippen LogP contribution in [0.3, 0.4) is 0 Å². The van der Waals surface area contributed by atoms with Gasteiger partial charge in [-0.3, -0.25) is 0 Å². The maximum atomic E-state index is 13.9. The van der Waals surface area contributed by atoms with Gasteiger partial charge in [0.25, 0.3) is 0 Å². The fourth-order valence-corrected chi connectivity index (χ4v) is 3.70. The molecule has 1 saturated carbocycles. The lowest BCUT2D eigenvalue weighted by Gasteiger charge is -2.37. The van der Waals surface area contributed by atoms with Crippen LogP contribution in [0.25, 0.3) is 0 Å². The molecule has 0 saturated heterocycles. The standard InChI is InChI=1S/C18H27BrFN/c1-4-9-21-18(14-6-5-12(2)13(3)10-14)15-7-8-16(19)17(20)11-15/h7-8,11-14,18,21H,4-6,9-10H2,1-3H3. The molecule has 21 heavy (non-hydrogen) atoms. The SMILES string of the molecule is CCCNC(c1ccc(Br)c(F)c1)C1CCC(C)C(C)C1. The fraction of sp³-hybridized carbons (Fsp3) is 0.667. The van der Waals surface area contributed by atoms with Crippen LogP contribution in [0.2, 0.25) is 0 Å². The molecule has 1 aliphatic rings. The van der Waals surface area contributed by atoms with Crippen LogP contribution in [0.5, 0.6) is 0 Å². The molecule has 0 aromatic heterocycles. The highest BCUT2D eigenvalue weighted by molar-refractivity contribution is 9.10. The maximum Gasteiger partial charge on any atom is 0.137 e. The molecule has 2 rings (SSSR count). The van der Waals surface area contributed by atoms with Gasteiger partial charge in [-0.1, -0.05) is 33.3 Å². The Balaban J connectivity index is 2.19. The number of hydrogen-bond acceptors (Lipinski definition) is 1. The van der Waals surface area contributed by atoms with E-state index in [1.54, 1.807) is 6.07 Å². The van der Waals surface area contributed by atoms with E-state index < -0.39 is 0 Å². The van der Waals surface area contributed by atoms with Crippen LogP contribution < -0.4 is 5.32 Å². The molecule has 0 heterocycles. The van der Waals surface area contributed by atoms with Crippen LogP contribution in [0.1, 0.15) is 58.1 Å². The van der Waals surface area contributed by atoms with Crippen molar-refractivity contribution in [2.75, 3.05) is 6.54 Å². The number of benzene rings is 1. The second-order valence-electron chi connectivity index (χ2n) is 6.63. The normalized spacial score (nSPS) is 27.6. The molecule has 0 aliphatic heterocycles. The van der Waals surface area contributed by atoms with Gasteiger partial charge in [-0.05, 0) is 77.2 Å². The Bertz CT molecular complexity index is 463. The Morgan fingerprint density at radius 3 is 2.67 bits per heavy atom. The van der Waals surface area contributed by atoms with Crippen molar-refractivity contribution in [2.24, 2.45) is 17.8 Å². The quantitative estimate of drug-likeness (QED) is 0.713. The fourth-order valence-electron chi connectivity index (χ4n) is 3.45. The van der Waals surface area contributed by atoms with Gasteiger partial charge >= 0.3 is 0 Å². The summed E-state index contributed by atoms with van der Waals surface area (Å²) in [6, 6.07) is 5.87. The molecule has 1 aromatic rings. The lowest BCUT2D eigenvalue weighted by molar-refractivity contribution is 0.171. The summed E-state index contributed by atoms with van der Waals surface area (Å²) < 4.78 is 14.4. The summed E-state index contributed by atoms with van der Waals surface area (Å²) in [7, 11) is 0. The number of hydrogen-bond donors (Lipinski definition) is 1. The largest absolute Gasteiger partial charge is 0.310 e. The first-order valence-electron chi connectivity index (χ1n) is 8.21. The second-order valence-corrected chi connectivity index (χ2v) is 7.49. The average molecular weight is 356 g/mol. The van der Waals surface area contributed by atoms with Gasteiger partial charge in [0.2, 0.25) is 0 Å². The predicted molar refractivity (Wildman–Crippen MR) is 90.8 cm³/mol. The first-order valence-corrected chi connectivity index (χ1v) is 9.00. The van der Waals surface area contributed by atoms with Gasteiger partial charge in [-0.15, -0.1) is 0 Å². The summed E-state index contributed by atoms with van der Waals surface area (Å²) in [6.45, 7) is 7.88. The van der Waals surface area contributed by atoms with Crippen LogP contribution in [0.4, 0.5) is 4.39 Å². The van der Waals surface area contributed by atoms with E-state index in [0.717, 1.165) is 30.4 Å². The Morgan fingerprint density at radius 1 is 1.29 bits per heavy atom. The van der Waals surface area contributed by atoms with Gasteiger partial charge in [-0.2, -0.15) is 0 Å². The average Bonchev–Trinajstić information content (AvgIpc) is 2.46. The molecule has 1 aliphatic carbocycles. The van der Waals surface area contributed by atoms with Gasteiger partial charge in [0.05, 0.1) is 4.47 Å². The molecule has 1 N–H and O–H groups in total. The Kier molecular flexibility index (Phi) is 6.24. The summed E-state index contributed by atoms with van der Waals surface area (Å²) in [5, 5.41) is 3.66. The minimum Gasteiger partial charge on any atom is -0.310 e. The zero-order chi connectivity index (χ0) is 15.4. The van der Waals surface area contributed by atoms with E-state index in [1.807, 2.05) is 6.07 Å². The van der Waals surface area contributed by atoms with Crippen molar-refractivity contribution in [3.8, 4) is 0 Å². The number of halogens is 2. The molecule has 4 unspecified atom stereocenters. The molecule has 0 bridgehead atoms. The molecule has 0 radical (unpaired) electrons. The first-order chi connectivity index (χ1) is 10.0. The van der Waals surface area contributed by atoms with E-state index in [9.17, 15) is 4.39 Å². The third-order valence-electron chi connectivity index (χ3n) is 5.03. The Morgan fingerprint density at radius 2 is 2.05 bits per heavy atom. The third kappa shape index (κ3) is 4.29. The van der Waals surface area contributed by atoms with Crippen LogP contribution in [0, 0.1) is 23.6 Å². The van der Waals surface area contributed by atoms with E-state index in [-0.39, 0.29) is 11.9 Å². The van der Waals surface area contributed by atoms with Crippen molar-refractivity contribution in [3.05, 3.63) is 34.1 Å². The minimum atomic E-state index is -0.159. The van der Waals surface area contributed by atoms with Gasteiger partial charge in [0.15, 0.2) is 0 Å². The molecular weight excluding hydrogens is 329 g/mol. The number of nitrogens with one attached hydrogen (secondary N) is 1. The smallest absolute Gasteiger partial charge is 0.137 e. The Labute approximate surface area is 136 Å². The van der Waals surface area contributed by atoms with Crippen molar-refractivity contribution >= 4 is 15.9 Å². The predicted octanol–water partition coefficient (Wildman–Crippen LogP) is 5.70. The van der Waals surface area contributed by atoms with E-state index in [0.29, 0.717) is 10.4 Å². The highest BCUT2D eigenvalue weighted by Crippen LogP contribution is 2.40. The molecule has 0 amide bonds. The van der Waals surface area contributed by atoms with Crippen LogP contribution >= 0.6 is 15.9 Å². The first kappa shape index (κ1) is 17.0. The minimum absolute atomic E-state index is 0.159. The van der Waals surface area contributed by atoms with E-state index in [1.165, 1.54) is 19.3 Å². The third-order valence-corrected chi connectivity index (χ3v) is 5.67. The summed E-state index contributed by atoms with van der Waals surface area (Å²) >= 11 is 3.25. The molecule has 1 nitrogen and oxygen atoms in total. The molecule has 1 fully saturated rings. The van der Waals surface area contributed by atoms with Crippen LogP contribution in [-0.2, 0) is 0 Å².